The third-order valence-corrected chi connectivity index (χ3v) is 7.22. The molecule has 0 saturated heterocycles. The van der Waals surface area contributed by atoms with Crippen LogP contribution in [-0.2, 0) is 5.41 Å². The Morgan fingerprint density at radius 2 is 1.62 bits per heavy atom. The van der Waals surface area contributed by atoms with Gasteiger partial charge in [0.05, 0.1) is 36.8 Å². The van der Waals surface area contributed by atoms with Gasteiger partial charge in [0.2, 0.25) is 0 Å². The number of rotatable bonds is 6. The number of aromatic nitrogens is 4. The summed E-state index contributed by atoms with van der Waals surface area (Å²) in [6.07, 6.45) is 1.57. The quantitative estimate of drug-likeness (QED) is 0.211. The van der Waals surface area contributed by atoms with Gasteiger partial charge in [-0.05, 0) is 42.5 Å². The molecule has 188 valence electrons. The second-order valence-electron chi connectivity index (χ2n) is 9.59. The van der Waals surface area contributed by atoms with Gasteiger partial charge in [-0.2, -0.15) is 5.10 Å². The molecule has 8 heteroatoms. The predicted octanol–water partition coefficient (Wildman–Crippen LogP) is 7.60. The van der Waals surface area contributed by atoms with Crippen molar-refractivity contribution in [1.82, 2.24) is 19.7 Å². The molecule has 5 aromatic rings. The molecule has 0 bridgehead atoms. The largest absolute Gasteiger partial charge is 0.493 e. The highest BCUT2D eigenvalue weighted by molar-refractivity contribution is 7.99. The highest BCUT2D eigenvalue weighted by atomic mass is 35.5. The van der Waals surface area contributed by atoms with Crippen LogP contribution >= 0.6 is 23.4 Å². The molecule has 2 aromatic heterocycles. The molecular weight excluding hydrogens is 504 g/mol. The summed E-state index contributed by atoms with van der Waals surface area (Å²) in [5.41, 5.74) is 4.65. The molecule has 0 saturated carbocycles. The smallest absolute Gasteiger partial charge is 0.162 e. The van der Waals surface area contributed by atoms with Crippen molar-refractivity contribution in [2.45, 2.75) is 36.1 Å². The SMILES string of the molecule is COc1cc2ncnc(Sc3cccc(-c4cc(C(C)(C)C)nn4-c4cccc(Cl)c4)c3)c2cc1OC. The maximum atomic E-state index is 6.32. The molecule has 0 fully saturated rings. The Morgan fingerprint density at radius 1 is 0.865 bits per heavy atom. The molecule has 0 aliphatic heterocycles. The number of hydrogen-bond acceptors (Lipinski definition) is 6. The summed E-state index contributed by atoms with van der Waals surface area (Å²) in [4.78, 5) is 10.0. The lowest BCUT2D eigenvalue weighted by Crippen LogP contribution is -2.12. The van der Waals surface area contributed by atoms with Crippen LogP contribution in [0, 0.1) is 0 Å². The molecule has 0 radical (unpaired) electrons. The minimum Gasteiger partial charge on any atom is -0.493 e. The first-order valence-electron chi connectivity index (χ1n) is 11.8. The summed E-state index contributed by atoms with van der Waals surface area (Å²) in [6.45, 7) is 6.49. The molecule has 0 N–H and O–H groups in total. The first-order valence-corrected chi connectivity index (χ1v) is 13.0. The van der Waals surface area contributed by atoms with E-state index in [1.54, 1.807) is 32.3 Å². The molecule has 0 unspecified atom stereocenters. The highest BCUT2D eigenvalue weighted by Crippen LogP contribution is 2.38. The van der Waals surface area contributed by atoms with E-state index < -0.39 is 0 Å². The number of methoxy groups -OCH3 is 2. The minimum atomic E-state index is -0.106. The highest BCUT2D eigenvalue weighted by Gasteiger charge is 2.22. The van der Waals surface area contributed by atoms with E-state index in [-0.39, 0.29) is 5.41 Å². The van der Waals surface area contributed by atoms with Crippen molar-refractivity contribution in [3.05, 3.63) is 83.8 Å². The molecule has 0 spiro atoms. The van der Waals surface area contributed by atoms with E-state index in [2.05, 4.69) is 61.1 Å². The summed E-state index contributed by atoms with van der Waals surface area (Å²) in [7, 11) is 3.24. The van der Waals surface area contributed by atoms with Crippen LogP contribution in [0.5, 0.6) is 11.5 Å². The van der Waals surface area contributed by atoms with Gasteiger partial charge in [-0.15, -0.1) is 0 Å². The molecule has 37 heavy (non-hydrogen) atoms. The van der Waals surface area contributed by atoms with Crippen molar-refractivity contribution in [3.8, 4) is 28.4 Å². The van der Waals surface area contributed by atoms with Crippen molar-refractivity contribution < 1.29 is 9.47 Å². The van der Waals surface area contributed by atoms with Gasteiger partial charge in [0, 0.05) is 32.3 Å². The van der Waals surface area contributed by atoms with Crippen LogP contribution < -0.4 is 9.47 Å². The monoisotopic (exact) mass is 530 g/mol. The first-order chi connectivity index (χ1) is 17.8. The fourth-order valence-electron chi connectivity index (χ4n) is 4.03. The van der Waals surface area contributed by atoms with E-state index >= 15 is 0 Å². The molecule has 0 amide bonds. The Balaban J connectivity index is 1.58. The molecular formula is C29H27ClN4O2S. The van der Waals surface area contributed by atoms with Crippen LogP contribution in [-0.4, -0.2) is 34.0 Å². The van der Waals surface area contributed by atoms with Gasteiger partial charge in [0.1, 0.15) is 11.4 Å². The van der Waals surface area contributed by atoms with Crippen LogP contribution in [0.3, 0.4) is 0 Å². The van der Waals surface area contributed by atoms with E-state index in [1.165, 1.54) is 0 Å². The third kappa shape index (κ3) is 5.15. The first kappa shape index (κ1) is 25.1. The van der Waals surface area contributed by atoms with Crippen LogP contribution in [0.2, 0.25) is 5.02 Å². The van der Waals surface area contributed by atoms with E-state index in [9.17, 15) is 0 Å². The van der Waals surface area contributed by atoms with Gasteiger partial charge in [-0.1, -0.05) is 62.3 Å². The van der Waals surface area contributed by atoms with Crippen LogP contribution in [0.25, 0.3) is 27.8 Å². The van der Waals surface area contributed by atoms with Gasteiger partial charge >= 0.3 is 0 Å². The molecule has 3 aromatic carbocycles. The van der Waals surface area contributed by atoms with Crippen molar-refractivity contribution in [2.24, 2.45) is 0 Å². The number of fused-ring (bicyclic) bond motifs is 1. The van der Waals surface area contributed by atoms with Gasteiger partial charge in [0.15, 0.2) is 11.5 Å². The molecule has 0 atom stereocenters. The summed E-state index contributed by atoms with van der Waals surface area (Å²) < 4.78 is 12.9. The van der Waals surface area contributed by atoms with E-state index in [0.717, 1.165) is 43.5 Å². The zero-order valence-corrected chi connectivity index (χ0v) is 22.9. The van der Waals surface area contributed by atoms with E-state index in [0.29, 0.717) is 16.5 Å². The number of nitrogens with zero attached hydrogens (tertiary/aromatic N) is 4. The van der Waals surface area contributed by atoms with Gasteiger partial charge in [0.25, 0.3) is 0 Å². The number of halogens is 1. The summed E-state index contributed by atoms with van der Waals surface area (Å²) in [6, 6.07) is 22.1. The second-order valence-corrected chi connectivity index (χ2v) is 11.1. The van der Waals surface area contributed by atoms with Crippen molar-refractivity contribution in [2.75, 3.05) is 14.2 Å². The maximum Gasteiger partial charge on any atom is 0.162 e. The fourth-order valence-corrected chi connectivity index (χ4v) is 5.14. The zero-order valence-electron chi connectivity index (χ0n) is 21.3. The molecule has 6 nitrogen and oxygen atoms in total. The van der Waals surface area contributed by atoms with Crippen LogP contribution in [0.15, 0.2) is 83.0 Å². The molecule has 0 aliphatic rings. The van der Waals surface area contributed by atoms with E-state index in [4.69, 9.17) is 26.2 Å². The summed E-state index contributed by atoms with van der Waals surface area (Å²) >= 11 is 7.90. The fraction of sp³-hybridized carbons (Fsp3) is 0.207. The average molecular weight is 531 g/mol. The number of benzene rings is 3. The van der Waals surface area contributed by atoms with Gasteiger partial charge in [-0.25, -0.2) is 14.6 Å². The predicted molar refractivity (Wildman–Crippen MR) is 149 cm³/mol. The third-order valence-electron chi connectivity index (χ3n) is 5.98. The van der Waals surface area contributed by atoms with Gasteiger partial charge < -0.3 is 9.47 Å². The lowest BCUT2D eigenvalue weighted by molar-refractivity contribution is 0.355. The van der Waals surface area contributed by atoms with Crippen LogP contribution in [0.1, 0.15) is 26.5 Å². The Kier molecular flexibility index (Phi) is 6.84. The van der Waals surface area contributed by atoms with Crippen molar-refractivity contribution in [3.63, 3.8) is 0 Å². The zero-order chi connectivity index (χ0) is 26.2. The van der Waals surface area contributed by atoms with Crippen molar-refractivity contribution >= 4 is 34.3 Å². The molecule has 5 rings (SSSR count). The number of ether oxygens (including phenoxy) is 2. The second kappa shape index (κ2) is 10.1. The van der Waals surface area contributed by atoms with Crippen molar-refractivity contribution in [1.29, 1.82) is 0 Å². The van der Waals surface area contributed by atoms with Crippen LogP contribution in [0.4, 0.5) is 0 Å². The normalized spacial score (nSPS) is 11.6. The number of hydrogen-bond donors (Lipinski definition) is 0. The Labute approximate surface area is 225 Å². The average Bonchev–Trinajstić information content (AvgIpc) is 3.35. The topological polar surface area (TPSA) is 62.1 Å². The summed E-state index contributed by atoms with van der Waals surface area (Å²) in [5, 5.41) is 7.37. The minimum absolute atomic E-state index is 0.106. The van der Waals surface area contributed by atoms with Gasteiger partial charge in [-0.3, -0.25) is 0 Å². The summed E-state index contributed by atoms with van der Waals surface area (Å²) in [5.74, 6) is 1.27. The van der Waals surface area contributed by atoms with E-state index in [1.807, 2.05) is 41.1 Å². The Hall–Kier alpha value is -3.55. The standard InChI is InChI=1S/C29H27ClN4O2S/c1-29(2,3)27-16-24(34(33-27)20-10-7-9-19(30)13-20)18-8-6-11-21(12-18)37-28-22-14-25(35-4)26(36-5)15-23(22)31-17-32-28/h6-17H,1-5H3. The Morgan fingerprint density at radius 3 is 2.35 bits per heavy atom. The Bertz CT molecular complexity index is 1590. The molecule has 0 aliphatic carbocycles. The molecule has 2 heterocycles. The maximum absolute atomic E-state index is 6.32. The lowest BCUT2D eigenvalue weighted by Gasteiger charge is -2.14. The lowest BCUT2D eigenvalue weighted by atomic mass is 9.92.